The monoisotopic (exact) mass is 878 g/mol. The summed E-state index contributed by atoms with van der Waals surface area (Å²) in [5, 5.41) is 11.3. The van der Waals surface area contributed by atoms with Gasteiger partial charge in [-0.25, -0.2) is 55.4 Å². The number of imide groups is 1. The Labute approximate surface area is 342 Å². The molecule has 5 aromatic rings. The van der Waals surface area contributed by atoms with E-state index < -0.39 is 104 Å². The molecule has 8 rings (SSSR count). The molecule has 15 nitrogen and oxygen atoms in total. The number of aromatic nitrogens is 5. The summed E-state index contributed by atoms with van der Waals surface area (Å²) < 4.78 is 93.7. The molecule has 0 radical (unpaired) electrons. The van der Waals surface area contributed by atoms with E-state index in [9.17, 15) is 42.3 Å². The number of phenolic OH excluding ortho intramolecular Hbond substituents is 1. The summed E-state index contributed by atoms with van der Waals surface area (Å²) in [5.41, 5.74) is -3.86. The number of anilines is 1. The van der Waals surface area contributed by atoms with Gasteiger partial charge in [0.05, 0.1) is 44.9 Å². The number of allylic oxidation sites excluding steroid dienone is 2. The number of fused-ring (bicyclic) bond motifs is 5. The van der Waals surface area contributed by atoms with Gasteiger partial charge < -0.3 is 23.9 Å². The largest absolute Gasteiger partial charge is 0.508 e. The lowest BCUT2D eigenvalue weighted by Crippen LogP contribution is -2.59. The van der Waals surface area contributed by atoms with Gasteiger partial charge in [-0.1, -0.05) is 12.1 Å². The first-order valence-corrected chi connectivity index (χ1v) is 18.5. The number of nitrogens with zero attached hydrogens (tertiary/aromatic N) is 6. The number of hydrogen-bond acceptors (Lipinski definition) is 10. The van der Waals surface area contributed by atoms with Crippen LogP contribution >= 0.6 is 23.2 Å². The van der Waals surface area contributed by atoms with Crippen LogP contribution in [0.3, 0.4) is 0 Å². The van der Waals surface area contributed by atoms with Crippen molar-refractivity contribution in [2.75, 3.05) is 26.2 Å². The van der Waals surface area contributed by atoms with Crippen LogP contribution in [0.4, 0.5) is 27.6 Å². The number of methoxy groups -OCH3 is 3. The number of alkyl halides is 2. The summed E-state index contributed by atoms with van der Waals surface area (Å²) in [6.07, 6.45) is 0.290. The van der Waals surface area contributed by atoms with Crippen LogP contribution in [0.15, 0.2) is 56.4 Å². The Morgan fingerprint density at radius 3 is 2.10 bits per heavy atom. The number of halogens is 7. The standard InChI is InChI=1S/C38H29Cl2F5N6O9/c1-47-20-13-24(60-4)23(59-3)12-19(20)46-18(32(47)53)8-9-48-35(56)49-10-7-16-21(51(49)36(48)57)14-37(39)33(54)50(31-29(44)27(42)26(41)28(43)30(31)45)34(55)38(37,40)25(16)17-6-5-15(58-2)11-22(17)52/h5-7,11-13,21,25,52H,8-10,14H2,1-4H3/t21-,25-,37-,38+/m1/s1. The highest BCUT2D eigenvalue weighted by atomic mass is 35.5. The molecule has 4 heterocycles. The SMILES string of the molecule is COc1ccc([C@H]2C3=CCn4c(=O)n(CCc5nc6cc(OC)c(OC)cc6n(C)c5=O)c(=O)n4[C@@H]3C[C@@]3(Cl)C(=O)N(c4c(F)c(F)c(F)c(F)c4F)C(=O)[C@@]23Cl)c(O)c1. The number of carbonyl (C=O) groups excluding carboxylic acids is 2. The van der Waals surface area contributed by atoms with Gasteiger partial charge >= 0.3 is 11.4 Å². The molecule has 4 atom stereocenters. The molecule has 3 aromatic carbocycles. The maximum Gasteiger partial charge on any atom is 0.347 e. The maximum atomic E-state index is 15.3. The van der Waals surface area contributed by atoms with E-state index in [1.165, 1.54) is 51.2 Å². The molecule has 2 amide bonds. The van der Waals surface area contributed by atoms with E-state index in [1.807, 2.05) is 0 Å². The third kappa shape index (κ3) is 5.31. The van der Waals surface area contributed by atoms with E-state index in [0.29, 0.717) is 22.5 Å². The lowest BCUT2D eigenvalue weighted by molar-refractivity contribution is -0.122. The highest BCUT2D eigenvalue weighted by Gasteiger charge is 2.76. The predicted molar refractivity (Wildman–Crippen MR) is 202 cm³/mol. The Bertz CT molecular complexity index is 2940. The molecule has 0 unspecified atom stereocenters. The molecule has 1 N–H and O–H groups in total. The fourth-order valence-electron chi connectivity index (χ4n) is 8.40. The zero-order valence-electron chi connectivity index (χ0n) is 31.5. The van der Waals surface area contributed by atoms with Crippen molar-refractivity contribution in [2.45, 2.75) is 47.6 Å². The van der Waals surface area contributed by atoms with Gasteiger partial charge in [0.15, 0.2) is 44.5 Å². The molecule has 22 heteroatoms. The van der Waals surface area contributed by atoms with Crippen LogP contribution in [-0.2, 0) is 36.1 Å². The molecule has 0 bridgehead atoms. The zero-order chi connectivity index (χ0) is 43.5. The molecule has 1 saturated heterocycles. The first-order chi connectivity index (χ1) is 28.4. The third-order valence-electron chi connectivity index (χ3n) is 11.3. The first-order valence-electron chi connectivity index (χ1n) is 17.8. The summed E-state index contributed by atoms with van der Waals surface area (Å²) in [5.74, 6) is -17.6. The second kappa shape index (κ2) is 14.0. The second-order valence-electron chi connectivity index (χ2n) is 14.2. The number of amides is 2. The van der Waals surface area contributed by atoms with Gasteiger partial charge in [-0.2, -0.15) is 0 Å². The van der Waals surface area contributed by atoms with Gasteiger partial charge in [-0.05, 0) is 11.6 Å². The summed E-state index contributed by atoms with van der Waals surface area (Å²) in [6.45, 7) is -0.767. The lowest BCUT2D eigenvalue weighted by atomic mass is 9.64. The fraction of sp³-hybridized carbons (Fsp3) is 0.316. The zero-order valence-corrected chi connectivity index (χ0v) is 33.0. The predicted octanol–water partition coefficient (Wildman–Crippen LogP) is 3.93. The second-order valence-corrected chi connectivity index (χ2v) is 15.4. The third-order valence-corrected chi connectivity index (χ3v) is 12.8. The van der Waals surface area contributed by atoms with Crippen LogP contribution in [0.25, 0.3) is 11.0 Å². The van der Waals surface area contributed by atoms with Crippen LogP contribution < -0.4 is 36.0 Å². The van der Waals surface area contributed by atoms with E-state index >= 15 is 8.78 Å². The van der Waals surface area contributed by atoms with Crippen molar-refractivity contribution in [3.63, 3.8) is 0 Å². The Morgan fingerprint density at radius 1 is 0.850 bits per heavy atom. The van der Waals surface area contributed by atoms with E-state index in [2.05, 4.69) is 4.98 Å². The average Bonchev–Trinajstić information content (AvgIpc) is 3.56. The van der Waals surface area contributed by atoms with E-state index in [-0.39, 0.29) is 40.4 Å². The van der Waals surface area contributed by atoms with Crippen molar-refractivity contribution in [1.82, 2.24) is 23.5 Å². The summed E-state index contributed by atoms with van der Waals surface area (Å²) in [7, 11) is 5.61. The van der Waals surface area contributed by atoms with Gasteiger partial charge in [0.1, 0.15) is 22.9 Å². The molecule has 2 fully saturated rings. The molecular weight excluding hydrogens is 850 g/mol. The summed E-state index contributed by atoms with van der Waals surface area (Å²) >= 11 is 14.2. The molecule has 2 aromatic heterocycles. The molecule has 3 aliphatic rings. The number of phenols is 1. The fourth-order valence-corrected chi connectivity index (χ4v) is 9.30. The Kier molecular flexibility index (Phi) is 9.46. The molecule has 60 heavy (non-hydrogen) atoms. The molecular formula is C38H29Cl2F5N6O9. The lowest BCUT2D eigenvalue weighted by Gasteiger charge is -2.49. The smallest absolute Gasteiger partial charge is 0.347 e. The van der Waals surface area contributed by atoms with Crippen molar-refractivity contribution < 1.29 is 50.9 Å². The number of rotatable bonds is 8. The number of aromatic hydroxyl groups is 1. The quantitative estimate of drug-likeness (QED) is 0.0603. The number of carbonyl (C=O) groups is 2. The van der Waals surface area contributed by atoms with Crippen molar-refractivity contribution in [3.05, 3.63) is 114 Å². The molecule has 314 valence electrons. The minimum absolute atomic E-state index is 0.0239. The van der Waals surface area contributed by atoms with Crippen molar-refractivity contribution in [2.24, 2.45) is 7.05 Å². The number of ether oxygens (including phenoxy) is 3. The van der Waals surface area contributed by atoms with Crippen LogP contribution in [0.2, 0.25) is 0 Å². The van der Waals surface area contributed by atoms with E-state index in [4.69, 9.17) is 37.4 Å². The van der Waals surface area contributed by atoms with Gasteiger partial charge in [-0.15, -0.1) is 23.2 Å². The number of aryl methyl sites for hydroxylation is 2. The van der Waals surface area contributed by atoms with Gasteiger partial charge in [0.25, 0.3) is 17.4 Å². The Hall–Kier alpha value is -6.15. The number of benzene rings is 3. The van der Waals surface area contributed by atoms with Crippen LogP contribution in [0.1, 0.15) is 29.6 Å². The van der Waals surface area contributed by atoms with Gasteiger partial charge in [0, 0.05) is 56.1 Å². The highest BCUT2D eigenvalue weighted by Crippen LogP contribution is 2.65. The molecule has 2 aliphatic heterocycles. The van der Waals surface area contributed by atoms with Gasteiger partial charge in [0.2, 0.25) is 5.82 Å². The first kappa shape index (κ1) is 40.6. The topological polar surface area (TPSA) is 169 Å². The van der Waals surface area contributed by atoms with Crippen molar-refractivity contribution >= 4 is 51.7 Å². The number of hydrogen-bond donors (Lipinski definition) is 1. The van der Waals surface area contributed by atoms with E-state index in [1.54, 1.807) is 12.1 Å². The van der Waals surface area contributed by atoms with Gasteiger partial charge in [-0.3, -0.25) is 14.4 Å². The summed E-state index contributed by atoms with van der Waals surface area (Å²) in [6, 6.07) is 5.32. The van der Waals surface area contributed by atoms with Crippen LogP contribution in [0, 0.1) is 29.1 Å². The van der Waals surface area contributed by atoms with E-state index in [0.717, 1.165) is 20.0 Å². The van der Waals surface area contributed by atoms with Crippen LogP contribution in [0.5, 0.6) is 23.0 Å². The minimum atomic E-state index is -2.87. The average molecular weight is 880 g/mol. The summed E-state index contributed by atoms with van der Waals surface area (Å²) in [4.78, 5) is 69.0. The van der Waals surface area contributed by atoms with Crippen molar-refractivity contribution in [1.29, 1.82) is 0 Å². The van der Waals surface area contributed by atoms with Crippen LogP contribution in [-0.4, -0.2) is 71.5 Å². The normalized spacial score (nSPS) is 22.1. The Morgan fingerprint density at radius 2 is 1.48 bits per heavy atom. The maximum absolute atomic E-state index is 15.3. The molecule has 1 aliphatic carbocycles. The molecule has 1 saturated carbocycles. The molecule has 0 spiro atoms. The Balaban J connectivity index is 1.26. The highest BCUT2D eigenvalue weighted by molar-refractivity contribution is 6.58. The van der Waals surface area contributed by atoms with Crippen molar-refractivity contribution in [3.8, 4) is 23.0 Å². The minimum Gasteiger partial charge on any atom is -0.508 e.